The molecule has 3 nitrogen and oxygen atoms in total. The zero-order chi connectivity index (χ0) is 14.2. The van der Waals surface area contributed by atoms with Gasteiger partial charge in [-0.05, 0) is 41.9 Å². The molecule has 0 fully saturated rings. The van der Waals surface area contributed by atoms with Crippen LogP contribution in [0.1, 0.15) is 25.5 Å². The first-order valence-corrected chi connectivity index (χ1v) is 6.38. The summed E-state index contributed by atoms with van der Waals surface area (Å²) >= 11 is 3.14. The number of benzene rings is 1. The summed E-state index contributed by atoms with van der Waals surface area (Å²) in [5.41, 5.74) is -0.304. The van der Waals surface area contributed by atoms with Gasteiger partial charge >= 0.3 is 6.18 Å². The molecule has 0 radical (unpaired) electrons. The van der Waals surface area contributed by atoms with Crippen LogP contribution in [0.15, 0.2) is 29.0 Å². The fraction of sp³-hybridized carbons (Fsp3) is 0.333. The fourth-order valence-corrected chi connectivity index (χ4v) is 2.03. The minimum Gasteiger partial charge on any atom is -0.242 e. The smallest absolute Gasteiger partial charge is 0.242 e. The summed E-state index contributed by atoms with van der Waals surface area (Å²) in [7, 11) is 0. The fourth-order valence-electron chi connectivity index (χ4n) is 1.69. The van der Waals surface area contributed by atoms with Gasteiger partial charge in [0.1, 0.15) is 0 Å². The van der Waals surface area contributed by atoms with Crippen LogP contribution in [0.4, 0.5) is 13.2 Å². The van der Waals surface area contributed by atoms with Crippen LogP contribution >= 0.6 is 15.9 Å². The number of halogens is 4. The number of hydrogen-bond acceptors (Lipinski definition) is 2. The van der Waals surface area contributed by atoms with E-state index >= 15 is 0 Å². The summed E-state index contributed by atoms with van der Waals surface area (Å²) in [6.07, 6.45) is -4.37. The van der Waals surface area contributed by atoms with E-state index in [-0.39, 0.29) is 6.04 Å². The quantitative estimate of drug-likeness (QED) is 0.819. The molecule has 2 rings (SSSR count). The third-order valence-electron chi connectivity index (χ3n) is 2.54. The first-order valence-electron chi connectivity index (χ1n) is 5.58. The highest BCUT2D eigenvalue weighted by Gasteiger charge is 2.30. The molecule has 0 aliphatic rings. The molecule has 0 aliphatic carbocycles. The Kier molecular flexibility index (Phi) is 3.66. The molecule has 0 spiro atoms. The van der Waals surface area contributed by atoms with Crippen LogP contribution in [-0.2, 0) is 6.18 Å². The molecular weight excluding hydrogens is 323 g/mol. The highest BCUT2D eigenvalue weighted by molar-refractivity contribution is 9.10. The minimum absolute atomic E-state index is 0.00310. The SMILES string of the molecule is CC(C)n1nc(Br)nc1-c1cccc(C(F)(F)F)c1. The second kappa shape index (κ2) is 4.96. The summed E-state index contributed by atoms with van der Waals surface area (Å²) in [4.78, 5) is 4.13. The average Bonchev–Trinajstić information content (AvgIpc) is 2.71. The third kappa shape index (κ3) is 2.97. The third-order valence-corrected chi connectivity index (χ3v) is 2.88. The second-order valence-electron chi connectivity index (χ2n) is 4.32. The highest BCUT2D eigenvalue weighted by atomic mass is 79.9. The molecule has 0 saturated heterocycles. The Hall–Kier alpha value is -1.37. The summed E-state index contributed by atoms with van der Waals surface area (Å²) in [6.45, 7) is 3.77. The van der Waals surface area contributed by atoms with Gasteiger partial charge in [0, 0.05) is 11.6 Å². The highest BCUT2D eigenvalue weighted by Crippen LogP contribution is 2.32. The van der Waals surface area contributed by atoms with Crippen molar-refractivity contribution in [1.29, 1.82) is 0 Å². The van der Waals surface area contributed by atoms with E-state index in [9.17, 15) is 13.2 Å². The molecule has 0 unspecified atom stereocenters. The van der Waals surface area contributed by atoms with Gasteiger partial charge in [0.25, 0.3) is 0 Å². The molecule has 0 amide bonds. The first kappa shape index (κ1) is 14.0. The van der Waals surface area contributed by atoms with Crippen molar-refractivity contribution in [2.75, 3.05) is 0 Å². The van der Waals surface area contributed by atoms with E-state index in [2.05, 4.69) is 26.0 Å². The molecule has 1 heterocycles. The van der Waals surface area contributed by atoms with E-state index in [1.165, 1.54) is 6.07 Å². The summed E-state index contributed by atoms with van der Waals surface area (Å²) in [5, 5.41) is 4.12. The van der Waals surface area contributed by atoms with Crippen molar-refractivity contribution in [3.63, 3.8) is 0 Å². The predicted molar refractivity (Wildman–Crippen MR) is 68.5 cm³/mol. The van der Waals surface area contributed by atoms with E-state index in [0.29, 0.717) is 16.1 Å². The van der Waals surface area contributed by atoms with Crippen molar-refractivity contribution in [2.45, 2.75) is 26.1 Å². The zero-order valence-electron chi connectivity index (χ0n) is 10.2. The Bertz CT molecular complexity index is 590. The first-order chi connectivity index (χ1) is 8.79. The number of aromatic nitrogens is 3. The normalized spacial score (nSPS) is 12.2. The van der Waals surface area contributed by atoms with Crippen molar-refractivity contribution < 1.29 is 13.2 Å². The van der Waals surface area contributed by atoms with Gasteiger partial charge in [-0.25, -0.2) is 9.67 Å². The van der Waals surface area contributed by atoms with Gasteiger partial charge in [-0.2, -0.15) is 13.2 Å². The maximum absolute atomic E-state index is 12.7. The molecule has 0 atom stereocenters. The van der Waals surface area contributed by atoms with Crippen molar-refractivity contribution >= 4 is 15.9 Å². The Labute approximate surface area is 116 Å². The summed E-state index contributed by atoms with van der Waals surface area (Å²) in [5.74, 6) is 0.410. The topological polar surface area (TPSA) is 30.7 Å². The molecule has 0 bridgehead atoms. The predicted octanol–water partition coefficient (Wildman–Crippen LogP) is 4.31. The molecule has 7 heteroatoms. The van der Waals surface area contributed by atoms with E-state index in [1.807, 2.05) is 13.8 Å². The van der Waals surface area contributed by atoms with Crippen molar-refractivity contribution in [1.82, 2.24) is 14.8 Å². The largest absolute Gasteiger partial charge is 0.416 e. The minimum atomic E-state index is -4.37. The number of nitrogens with zero attached hydrogens (tertiary/aromatic N) is 3. The van der Waals surface area contributed by atoms with Gasteiger partial charge in [-0.15, -0.1) is 5.10 Å². The van der Waals surface area contributed by atoms with Crippen molar-refractivity contribution in [3.05, 3.63) is 34.6 Å². The number of alkyl halides is 3. The molecule has 19 heavy (non-hydrogen) atoms. The standard InChI is InChI=1S/C12H11BrF3N3/c1-7(2)19-10(17-11(13)18-19)8-4-3-5-9(6-8)12(14,15)16/h3-7H,1-2H3. The molecule has 102 valence electrons. The van der Waals surface area contributed by atoms with Gasteiger partial charge in [-0.3, -0.25) is 0 Å². The molecule has 2 aromatic rings. The lowest BCUT2D eigenvalue weighted by atomic mass is 10.1. The van der Waals surface area contributed by atoms with Gasteiger partial charge in [0.2, 0.25) is 4.73 Å². The van der Waals surface area contributed by atoms with Crippen molar-refractivity contribution in [2.24, 2.45) is 0 Å². The van der Waals surface area contributed by atoms with Gasteiger partial charge in [0.15, 0.2) is 5.82 Å². The number of rotatable bonds is 2. The average molecular weight is 334 g/mol. The lowest BCUT2D eigenvalue weighted by Crippen LogP contribution is -2.07. The maximum Gasteiger partial charge on any atom is 0.416 e. The van der Waals surface area contributed by atoms with Gasteiger partial charge in [0.05, 0.1) is 5.56 Å². The zero-order valence-corrected chi connectivity index (χ0v) is 11.8. The van der Waals surface area contributed by atoms with Crippen LogP contribution in [0.3, 0.4) is 0 Å². The maximum atomic E-state index is 12.7. The van der Waals surface area contributed by atoms with Gasteiger partial charge < -0.3 is 0 Å². The van der Waals surface area contributed by atoms with Crippen LogP contribution in [0.5, 0.6) is 0 Å². The van der Waals surface area contributed by atoms with E-state index < -0.39 is 11.7 Å². The Morgan fingerprint density at radius 2 is 1.95 bits per heavy atom. The van der Waals surface area contributed by atoms with Crippen LogP contribution in [0.25, 0.3) is 11.4 Å². The summed E-state index contributed by atoms with van der Waals surface area (Å²) < 4.78 is 40.0. The van der Waals surface area contributed by atoms with Crippen LogP contribution in [0.2, 0.25) is 0 Å². The lowest BCUT2D eigenvalue weighted by Gasteiger charge is -2.11. The monoisotopic (exact) mass is 333 g/mol. The van der Waals surface area contributed by atoms with Crippen LogP contribution < -0.4 is 0 Å². The Morgan fingerprint density at radius 3 is 2.53 bits per heavy atom. The van der Waals surface area contributed by atoms with E-state index in [1.54, 1.807) is 10.7 Å². The summed E-state index contributed by atoms with van der Waals surface area (Å²) in [6, 6.07) is 5.07. The van der Waals surface area contributed by atoms with E-state index in [0.717, 1.165) is 12.1 Å². The van der Waals surface area contributed by atoms with Crippen molar-refractivity contribution in [3.8, 4) is 11.4 Å². The molecule has 0 saturated carbocycles. The molecule has 1 aromatic heterocycles. The van der Waals surface area contributed by atoms with Crippen LogP contribution in [-0.4, -0.2) is 14.8 Å². The van der Waals surface area contributed by atoms with Crippen LogP contribution in [0, 0.1) is 0 Å². The molecule has 0 N–H and O–H groups in total. The molecular formula is C12H11BrF3N3. The lowest BCUT2D eigenvalue weighted by molar-refractivity contribution is -0.137. The molecule has 0 aliphatic heterocycles. The van der Waals surface area contributed by atoms with E-state index in [4.69, 9.17) is 0 Å². The molecule has 1 aromatic carbocycles. The Balaban J connectivity index is 2.54. The number of hydrogen-bond donors (Lipinski definition) is 0. The second-order valence-corrected chi connectivity index (χ2v) is 5.03. The van der Waals surface area contributed by atoms with Gasteiger partial charge in [-0.1, -0.05) is 12.1 Å². The Morgan fingerprint density at radius 1 is 1.26 bits per heavy atom.